The first-order chi connectivity index (χ1) is 13.9. The Morgan fingerprint density at radius 1 is 1.07 bits per heavy atom. The van der Waals surface area contributed by atoms with Gasteiger partial charge >= 0.3 is 5.97 Å². The Morgan fingerprint density at radius 3 is 2.45 bits per heavy atom. The third-order valence-corrected chi connectivity index (χ3v) is 7.58. The van der Waals surface area contributed by atoms with Crippen molar-refractivity contribution in [2.24, 2.45) is 23.7 Å². The molecule has 2 aromatic rings. The molecular formula is C23H22BrNO4. The smallest absolute Gasteiger partial charge is 0.310 e. The molecule has 1 saturated heterocycles. The Balaban J connectivity index is 1.28. The normalized spacial score (nSPS) is 31.6. The highest BCUT2D eigenvalue weighted by molar-refractivity contribution is 9.09. The van der Waals surface area contributed by atoms with Gasteiger partial charge in [-0.05, 0) is 73.7 Å². The molecule has 29 heavy (non-hydrogen) atoms. The van der Waals surface area contributed by atoms with Gasteiger partial charge in [-0.25, -0.2) is 0 Å². The fourth-order valence-corrected chi connectivity index (χ4v) is 6.33. The lowest BCUT2D eigenvalue weighted by atomic mass is 9.79. The number of amides is 1. The monoisotopic (exact) mass is 455 g/mol. The minimum absolute atomic E-state index is 0.0664. The number of nitrogens with one attached hydrogen (secondary N) is 1. The Kier molecular flexibility index (Phi) is 4.42. The minimum Gasteiger partial charge on any atom is -0.461 e. The Hall–Kier alpha value is -2.34. The highest BCUT2D eigenvalue weighted by Gasteiger charge is 2.67. The third-order valence-electron chi connectivity index (χ3n) is 6.38. The van der Waals surface area contributed by atoms with Crippen molar-refractivity contribution < 1.29 is 19.1 Å². The lowest BCUT2D eigenvalue weighted by molar-refractivity contribution is -0.145. The summed E-state index contributed by atoms with van der Waals surface area (Å²) >= 11 is 3.65. The first-order valence-corrected chi connectivity index (χ1v) is 10.8. The van der Waals surface area contributed by atoms with Crippen molar-refractivity contribution in [3.8, 4) is 11.5 Å². The number of anilines is 1. The number of halogens is 1. The molecule has 3 aliphatic rings. The zero-order chi connectivity index (χ0) is 20.3. The van der Waals surface area contributed by atoms with Crippen molar-refractivity contribution in [2.75, 3.05) is 5.32 Å². The van der Waals surface area contributed by atoms with Gasteiger partial charge in [-0.15, -0.1) is 0 Å². The summed E-state index contributed by atoms with van der Waals surface area (Å²) in [4.78, 5) is 25.3. The van der Waals surface area contributed by atoms with Crippen LogP contribution in [-0.2, 0) is 14.3 Å². The quantitative estimate of drug-likeness (QED) is 0.540. The molecule has 1 aliphatic heterocycles. The minimum atomic E-state index is -0.332. The number of ether oxygens (including phenoxy) is 2. The second kappa shape index (κ2) is 6.87. The number of aryl methyl sites for hydroxylation is 2. The average Bonchev–Trinajstić information content (AvgIpc) is 3.27. The average molecular weight is 456 g/mol. The number of hydrogen-bond acceptors (Lipinski definition) is 4. The lowest BCUT2D eigenvalue weighted by Gasteiger charge is -2.27. The molecule has 1 N–H and O–H groups in total. The highest BCUT2D eigenvalue weighted by atomic mass is 79.9. The number of esters is 1. The van der Waals surface area contributed by atoms with E-state index in [0.29, 0.717) is 11.4 Å². The maximum atomic E-state index is 13.0. The van der Waals surface area contributed by atoms with E-state index in [2.05, 4.69) is 27.3 Å². The molecule has 1 heterocycles. The van der Waals surface area contributed by atoms with Gasteiger partial charge in [0.2, 0.25) is 5.91 Å². The Morgan fingerprint density at radius 2 is 1.76 bits per heavy atom. The van der Waals surface area contributed by atoms with Crippen LogP contribution in [0.2, 0.25) is 0 Å². The fourth-order valence-electron chi connectivity index (χ4n) is 5.29. The molecule has 2 aromatic carbocycles. The molecule has 3 fully saturated rings. The van der Waals surface area contributed by atoms with Crippen LogP contribution in [0, 0.1) is 37.5 Å². The van der Waals surface area contributed by atoms with E-state index in [4.69, 9.17) is 9.47 Å². The molecule has 0 radical (unpaired) electrons. The summed E-state index contributed by atoms with van der Waals surface area (Å²) in [5, 5.41) is 2.98. The van der Waals surface area contributed by atoms with Crippen LogP contribution in [0.1, 0.15) is 17.5 Å². The summed E-state index contributed by atoms with van der Waals surface area (Å²) in [6.07, 6.45) is 0.806. The zero-order valence-corrected chi connectivity index (χ0v) is 17.8. The van der Waals surface area contributed by atoms with Crippen molar-refractivity contribution in [2.45, 2.75) is 31.2 Å². The summed E-state index contributed by atoms with van der Waals surface area (Å²) in [7, 11) is 0. The van der Waals surface area contributed by atoms with Crippen molar-refractivity contribution in [3.05, 3.63) is 53.6 Å². The number of carbonyl (C=O) groups is 2. The van der Waals surface area contributed by atoms with Gasteiger partial charge in [0.25, 0.3) is 0 Å². The molecular weight excluding hydrogens is 434 g/mol. The van der Waals surface area contributed by atoms with Gasteiger partial charge in [-0.3, -0.25) is 9.59 Å². The van der Waals surface area contributed by atoms with Crippen molar-refractivity contribution in [1.29, 1.82) is 0 Å². The van der Waals surface area contributed by atoms with E-state index in [1.54, 1.807) is 0 Å². The molecule has 0 unspecified atom stereocenters. The Bertz CT molecular complexity index is 969. The summed E-state index contributed by atoms with van der Waals surface area (Å²) in [5.74, 6) is 0.853. The van der Waals surface area contributed by atoms with Crippen LogP contribution in [0.15, 0.2) is 42.5 Å². The largest absolute Gasteiger partial charge is 0.461 e. The number of fused-ring (bicyclic) bond motifs is 1. The molecule has 5 nitrogen and oxygen atoms in total. The molecule has 2 bridgehead atoms. The first kappa shape index (κ1) is 18.7. The van der Waals surface area contributed by atoms with E-state index in [9.17, 15) is 9.59 Å². The maximum absolute atomic E-state index is 13.0. The van der Waals surface area contributed by atoms with Crippen LogP contribution in [0.25, 0.3) is 0 Å². The van der Waals surface area contributed by atoms with Crippen LogP contribution in [0.4, 0.5) is 5.69 Å². The molecule has 2 aliphatic carbocycles. The molecule has 0 aromatic heterocycles. The fraction of sp³-hybridized carbons (Fsp3) is 0.391. The van der Waals surface area contributed by atoms with Crippen LogP contribution in [0.5, 0.6) is 11.5 Å². The maximum Gasteiger partial charge on any atom is 0.310 e. The number of alkyl halides is 1. The van der Waals surface area contributed by atoms with Gasteiger partial charge in [-0.2, -0.15) is 0 Å². The number of rotatable bonds is 4. The van der Waals surface area contributed by atoms with Crippen molar-refractivity contribution in [3.63, 3.8) is 0 Å². The molecule has 5 rings (SSSR count). The third kappa shape index (κ3) is 3.14. The molecule has 0 spiro atoms. The van der Waals surface area contributed by atoms with Gasteiger partial charge in [0, 0.05) is 11.6 Å². The number of hydrogen-bond donors (Lipinski definition) is 1. The molecule has 6 atom stereocenters. The predicted molar refractivity (Wildman–Crippen MR) is 112 cm³/mol. The topological polar surface area (TPSA) is 64.6 Å². The first-order valence-electron chi connectivity index (χ1n) is 9.92. The van der Waals surface area contributed by atoms with Crippen molar-refractivity contribution in [1.82, 2.24) is 0 Å². The Labute approximate surface area is 177 Å². The molecule has 6 heteroatoms. The van der Waals surface area contributed by atoms with E-state index in [1.807, 2.05) is 50.2 Å². The van der Waals surface area contributed by atoms with Gasteiger partial charge in [0.15, 0.2) is 0 Å². The SMILES string of the molecule is Cc1cc(C)cc(Oc2ccc(NC(=O)[C@@H]3[C@H]4C[C@H]5[C@H](OC(=O)[C@H]53)[C@@H]4Br)cc2)c1. The van der Waals surface area contributed by atoms with Gasteiger partial charge in [-0.1, -0.05) is 22.0 Å². The molecule has 2 saturated carbocycles. The zero-order valence-electron chi connectivity index (χ0n) is 16.2. The number of benzene rings is 2. The van der Waals surface area contributed by atoms with E-state index in [0.717, 1.165) is 23.3 Å². The van der Waals surface area contributed by atoms with E-state index < -0.39 is 0 Å². The standard InChI is InChI=1S/C23H22BrNO4/c1-11-7-12(2)9-15(8-11)28-14-5-3-13(4-6-14)25-22(26)18-16-10-17-19(18)23(27)29-21(17)20(16)24/h3-9,16-21H,10H2,1-2H3,(H,25,26)/t16-,17-,18-,19-,20-,21+/m1/s1. The van der Waals surface area contributed by atoms with Crippen LogP contribution in [-0.4, -0.2) is 22.8 Å². The summed E-state index contributed by atoms with van der Waals surface area (Å²) in [6, 6.07) is 13.4. The van der Waals surface area contributed by atoms with Crippen LogP contribution >= 0.6 is 15.9 Å². The lowest BCUT2D eigenvalue weighted by Crippen LogP contribution is -2.40. The summed E-state index contributed by atoms with van der Waals surface area (Å²) in [5.41, 5.74) is 2.99. The van der Waals surface area contributed by atoms with Gasteiger partial charge in [0.1, 0.15) is 17.6 Å². The second-order valence-electron chi connectivity index (χ2n) is 8.40. The van der Waals surface area contributed by atoms with E-state index in [-0.39, 0.29) is 46.5 Å². The predicted octanol–water partition coefficient (Wildman–Crippen LogP) is 4.61. The van der Waals surface area contributed by atoms with Crippen molar-refractivity contribution >= 4 is 33.5 Å². The summed E-state index contributed by atoms with van der Waals surface area (Å²) < 4.78 is 11.4. The molecule has 150 valence electrons. The molecule has 1 amide bonds. The van der Waals surface area contributed by atoms with Crippen LogP contribution < -0.4 is 10.1 Å². The highest BCUT2D eigenvalue weighted by Crippen LogP contribution is 2.60. The van der Waals surface area contributed by atoms with Crippen LogP contribution in [0.3, 0.4) is 0 Å². The van der Waals surface area contributed by atoms with Gasteiger partial charge < -0.3 is 14.8 Å². The van der Waals surface area contributed by atoms with Gasteiger partial charge in [0.05, 0.1) is 16.7 Å². The van der Waals surface area contributed by atoms with E-state index in [1.165, 1.54) is 0 Å². The second-order valence-corrected chi connectivity index (χ2v) is 9.46. The van der Waals surface area contributed by atoms with E-state index >= 15 is 0 Å². The number of carbonyl (C=O) groups excluding carboxylic acids is 2. The summed E-state index contributed by atoms with van der Waals surface area (Å²) in [6.45, 7) is 4.07.